The fourth-order valence-electron chi connectivity index (χ4n) is 3.54. The van der Waals surface area contributed by atoms with E-state index in [1.165, 1.54) is 12.1 Å². The summed E-state index contributed by atoms with van der Waals surface area (Å²) in [7, 11) is 0. The lowest BCUT2D eigenvalue weighted by Crippen LogP contribution is -2.56. The summed E-state index contributed by atoms with van der Waals surface area (Å²) in [5.41, 5.74) is 0.378. The Bertz CT molecular complexity index is 622. The Kier molecular flexibility index (Phi) is 4.58. The number of likely N-dealkylation sites (N-methyl/N-ethyl adjacent to an activating group) is 1. The van der Waals surface area contributed by atoms with Crippen LogP contribution in [0.2, 0.25) is 0 Å². The van der Waals surface area contributed by atoms with E-state index in [2.05, 4.69) is 5.32 Å². The van der Waals surface area contributed by atoms with Gasteiger partial charge >= 0.3 is 5.97 Å². The van der Waals surface area contributed by atoms with E-state index < -0.39 is 11.4 Å². The fourth-order valence-corrected chi connectivity index (χ4v) is 3.54. The summed E-state index contributed by atoms with van der Waals surface area (Å²) in [6.45, 7) is 2.68. The van der Waals surface area contributed by atoms with Crippen LogP contribution < -0.4 is 5.32 Å². The van der Waals surface area contributed by atoms with Crippen molar-refractivity contribution < 1.29 is 19.1 Å². The maximum absolute atomic E-state index is 13.1. The zero-order chi connectivity index (χ0) is 17.3. The number of aliphatic carboxylic acids is 1. The van der Waals surface area contributed by atoms with Gasteiger partial charge in [0.25, 0.3) is 0 Å². The molecule has 2 fully saturated rings. The number of carbonyl (C=O) groups is 2. The van der Waals surface area contributed by atoms with Crippen molar-refractivity contribution in [2.45, 2.75) is 50.1 Å². The Morgan fingerprint density at radius 2 is 1.92 bits per heavy atom. The minimum atomic E-state index is -0.822. The van der Waals surface area contributed by atoms with Gasteiger partial charge in [-0.3, -0.25) is 14.5 Å². The molecule has 0 radical (unpaired) electrons. The van der Waals surface area contributed by atoms with E-state index in [0.717, 1.165) is 31.2 Å². The van der Waals surface area contributed by atoms with Crippen LogP contribution in [0.25, 0.3) is 0 Å². The number of halogens is 1. The molecule has 2 saturated carbocycles. The van der Waals surface area contributed by atoms with Crippen molar-refractivity contribution in [1.29, 1.82) is 0 Å². The number of hydrogen-bond acceptors (Lipinski definition) is 3. The SMILES string of the molecule is CCN(CC(=O)O)C1CC(NC(=O)C2(c3ccc(F)cc3)CC2)C1. The van der Waals surface area contributed by atoms with Crippen molar-refractivity contribution in [3.63, 3.8) is 0 Å². The van der Waals surface area contributed by atoms with Gasteiger partial charge in [-0.25, -0.2) is 4.39 Å². The Morgan fingerprint density at radius 1 is 1.29 bits per heavy atom. The summed E-state index contributed by atoms with van der Waals surface area (Å²) in [5.74, 6) is -1.11. The van der Waals surface area contributed by atoms with Gasteiger partial charge < -0.3 is 10.4 Å². The molecular formula is C18H23FN2O3. The Morgan fingerprint density at radius 3 is 2.42 bits per heavy atom. The van der Waals surface area contributed by atoms with E-state index in [-0.39, 0.29) is 30.4 Å². The van der Waals surface area contributed by atoms with Gasteiger partial charge in [-0.05, 0) is 49.9 Å². The van der Waals surface area contributed by atoms with Crippen LogP contribution in [-0.2, 0) is 15.0 Å². The molecule has 6 heteroatoms. The molecule has 1 amide bonds. The van der Waals surface area contributed by atoms with Crippen LogP contribution in [0.1, 0.15) is 38.2 Å². The van der Waals surface area contributed by atoms with Crippen molar-refractivity contribution in [1.82, 2.24) is 10.2 Å². The summed E-state index contributed by atoms with van der Waals surface area (Å²) in [6, 6.07) is 6.50. The molecule has 2 N–H and O–H groups in total. The topological polar surface area (TPSA) is 69.6 Å². The Balaban J connectivity index is 1.54. The molecule has 0 bridgehead atoms. The van der Waals surface area contributed by atoms with Gasteiger partial charge in [-0.1, -0.05) is 19.1 Å². The number of hydrogen-bond donors (Lipinski definition) is 2. The van der Waals surface area contributed by atoms with E-state index >= 15 is 0 Å². The molecule has 0 spiro atoms. The molecule has 0 aliphatic heterocycles. The third kappa shape index (κ3) is 3.29. The second kappa shape index (κ2) is 6.51. The lowest BCUT2D eigenvalue weighted by atomic mass is 9.84. The van der Waals surface area contributed by atoms with Crippen molar-refractivity contribution >= 4 is 11.9 Å². The number of carbonyl (C=O) groups excluding carboxylic acids is 1. The number of carboxylic acids is 1. The third-order valence-corrected chi connectivity index (χ3v) is 5.29. The summed E-state index contributed by atoms with van der Waals surface area (Å²) >= 11 is 0. The van der Waals surface area contributed by atoms with Crippen LogP contribution in [0.3, 0.4) is 0 Å². The van der Waals surface area contributed by atoms with E-state index in [9.17, 15) is 14.0 Å². The monoisotopic (exact) mass is 334 g/mol. The van der Waals surface area contributed by atoms with E-state index in [0.29, 0.717) is 6.54 Å². The predicted octanol–water partition coefficient (Wildman–Crippen LogP) is 1.91. The second-order valence-electron chi connectivity index (χ2n) is 6.84. The van der Waals surface area contributed by atoms with Gasteiger partial charge in [0.1, 0.15) is 5.82 Å². The molecule has 1 aromatic carbocycles. The summed E-state index contributed by atoms with van der Waals surface area (Å²) in [4.78, 5) is 25.4. The van der Waals surface area contributed by atoms with Crippen LogP contribution in [0.4, 0.5) is 4.39 Å². The normalized spacial score (nSPS) is 24.3. The molecular weight excluding hydrogens is 311 g/mol. The molecule has 0 unspecified atom stereocenters. The maximum atomic E-state index is 13.1. The van der Waals surface area contributed by atoms with Crippen molar-refractivity contribution in [2.75, 3.05) is 13.1 Å². The van der Waals surface area contributed by atoms with Crippen LogP contribution in [0.15, 0.2) is 24.3 Å². The minimum Gasteiger partial charge on any atom is -0.480 e. The van der Waals surface area contributed by atoms with Gasteiger partial charge in [-0.2, -0.15) is 0 Å². The van der Waals surface area contributed by atoms with Crippen LogP contribution in [0.5, 0.6) is 0 Å². The zero-order valence-electron chi connectivity index (χ0n) is 13.8. The number of amides is 1. The van der Waals surface area contributed by atoms with Gasteiger partial charge in [-0.15, -0.1) is 0 Å². The molecule has 2 aliphatic rings. The van der Waals surface area contributed by atoms with Crippen molar-refractivity contribution in [3.05, 3.63) is 35.6 Å². The number of carboxylic acid groups (broad SMARTS) is 1. The Labute approximate surface area is 140 Å². The van der Waals surface area contributed by atoms with E-state index in [1.807, 2.05) is 11.8 Å². The zero-order valence-corrected chi connectivity index (χ0v) is 13.8. The second-order valence-corrected chi connectivity index (χ2v) is 6.84. The predicted molar refractivity (Wildman–Crippen MR) is 87.1 cm³/mol. The lowest BCUT2D eigenvalue weighted by molar-refractivity contribution is -0.140. The summed E-state index contributed by atoms with van der Waals surface area (Å²) < 4.78 is 13.1. The maximum Gasteiger partial charge on any atom is 0.317 e. The molecule has 0 saturated heterocycles. The standard InChI is InChI=1S/C18H23FN2O3/c1-2-21(11-16(22)23)15-9-14(10-15)20-17(24)18(7-8-18)12-3-5-13(19)6-4-12/h3-6,14-15H,2,7-11H2,1H3,(H,20,24)(H,22,23). The fraction of sp³-hybridized carbons (Fsp3) is 0.556. The van der Waals surface area contributed by atoms with Gasteiger partial charge in [0.05, 0.1) is 12.0 Å². The largest absolute Gasteiger partial charge is 0.480 e. The summed E-state index contributed by atoms with van der Waals surface area (Å²) in [5, 5.41) is 12.0. The quantitative estimate of drug-likeness (QED) is 0.799. The van der Waals surface area contributed by atoms with Crippen molar-refractivity contribution in [2.24, 2.45) is 0 Å². The average Bonchev–Trinajstić information content (AvgIpc) is 3.30. The van der Waals surface area contributed by atoms with Crippen molar-refractivity contribution in [3.8, 4) is 0 Å². The number of benzene rings is 1. The van der Waals surface area contributed by atoms with Crippen LogP contribution >= 0.6 is 0 Å². The molecule has 0 aromatic heterocycles. The number of nitrogens with one attached hydrogen (secondary N) is 1. The molecule has 24 heavy (non-hydrogen) atoms. The first-order valence-corrected chi connectivity index (χ1v) is 8.47. The first-order chi connectivity index (χ1) is 11.4. The lowest BCUT2D eigenvalue weighted by Gasteiger charge is -2.42. The van der Waals surface area contributed by atoms with Crippen LogP contribution in [0, 0.1) is 5.82 Å². The molecule has 5 nitrogen and oxygen atoms in total. The first kappa shape index (κ1) is 16.9. The smallest absolute Gasteiger partial charge is 0.317 e. The molecule has 0 atom stereocenters. The van der Waals surface area contributed by atoms with Gasteiger partial charge in [0.15, 0.2) is 0 Å². The molecule has 2 aliphatic carbocycles. The third-order valence-electron chi connectivity index (χ3n) is 5.29. The summed E-state index contributed by atoms with van der Waals surface area (Å²) in [6.07, 6.45) is 3.15. The van der Waals surface area contributed by atoms with Gasteiger partial charge in [0, 0.05) is 12.1 Å². The minimum absolute atomic E-state index is 0.0128. The highest BCUT2D eigenvalue weighted by molar-refractivity contribution is 5.91. The first-order valence-electron chi connectivity index (χ1n) is 8.47. The highest BCUT2D eigenvalue weighted by Gasteiger charge is 2.52. The highest BCUT2D eigenvalue weighted by atomic mass is 19.1. The average molecular weight is 334 g/mol. The van der Waals surface area contributed by atoms with Crippen LogP contribution in [-0.4, -0.2) is 47.1 Å². The molecule has 130 valence electrons. The molecule has 3 rings (SSSR count). The highest BCUT2D eigenvalue weighted by Crippen LogP contribution is 2.48. The van der Waals surface area contributed by atoms with Gasteiger partial charge in [0.2, 0.25) is 5.91 Å². The van der Waals surface area contributed by atoms with E-state index in [1.54, 1.807) is 12.1 Å². The number of nitrogens with zero attached hydrogens (tertiary/aromatic N) is 1. The molecule has 0 heterocycles. The molecule has 1 aromatic rings. The Hall–Kier alpha value is -1.95. The van der Waals surface area contributed by atoms with E-state index in [4.69, 9.17) is 5.11 Å². The number of rotatable bonds is 7.